The van der Waals surface area contributed by atoms with Crippen LogP contribution in [-0.2, 0) is 13.5 Å². The summed E-state index contributed by atoms with van der Waals surface area (Å²) in [6.45, 7) is 5.81. The summed E-state index contributed by atoms with van der Waals surface area (Å²) in [6, 6.07) is 1.98. The van der Waals surface area contributed by atoms with Gasteiger partial charge in [0.2, 0.25) is 10.8 Å². The van der Waals surface area contributed by atoms with Crippen molar-refractivity contribution in [3.8, 4) is 11.5 Å². The summed E-state index contributed by atoms with van der Waals surface area (Å²) in [5, 5.41) is 22.4. The predicted octanol–water partition coefficient (Wildman–Crippen LogP) is 2.09. The van der Waals surface area contributed by atoms with Gasteiger partial charge in [-0.25, -0.2) is 0 Å². The third-order valence-electron chi connectivity index (χ3n) is 3.77. The first-order chi connectivity index (χ1) is 11.0. The molecule has 0 aliphatic rings. The van der Waals surface area contributed by atoms with E-state index in [2.05, 4.69) is 25.6 Å². The quantitative estimate of drug-likeness (QED) is 0.572. The van der Waals surface area contributed by atoms with Crippen molar-refractivity contribution in [1.29, 1.82) is 0 Å². The van der Waals surface area contributed by atoms with Crippen LogP contribution in [0.3, 0.4) is 0 Å². The lowest BCUT2D eigenvalue weighted by atomic mass is 10.1. The maximum Gasteiger partial charge on any atom is 0.235 e. The second-order valence-electron chi connectivity index (χ2n) is 5.49. The van der Waals surface area contributed by atoms with E-state index in [0.29, 0.717) is 12.2 Å². The van der Waals surface area contributed by atoms with Crippen LogP contribution in [0.5, 0.6) is 0 Å². The van der Waals surface area contributed by atoms with Crippen LogP contribution in [0.4, 0.5) is 0 Å². The topological polar surface area (TPSA) is 86.9 Å². The third kappa shape index (κ3) is 2.24. The summed E-state index contributed by atoms with van der Waals surface area (Å²) >= 11 is 1.52. The lowest BCUT2D eigenvalue weighted by Crippen LogP contribution is -1.99. The highest BCUT2D eigenvalue weighted by atomic mass is 32.1. The van der Waals surface area contributed by atoms with Gasteiger partial charge in [-0.3, -0.25) is 4.68 Å². The lowest BCUT2D eigenvalue weighted by Gasteiger charge is -1.97. The molecule has 8 nitrogen and oxygen atoms in total. The molecule has 4 heterocycles. The highest BCUT2D eigenvalue weighted by Gasteiger charge is 2.18. The molecule has 0 N–H and O–H groups in total. The average Bonchev–Trinajstić information content (AvgIpc) is 3.21. The van der Waals surface area contributed by atoms with E-state index in [0.717, 1.165) is 38.4 Å². The number of aromatic nitrogens is 7. The fourth-order valence-electron chi connectivity index (χ4n) is 2.61. The van der Waals surface area contributed by atoms with Gasteiger partial charge in [-0.2, -0.15) is 14.7 Å². The van der Waals surface area contributed by atoms with Gasteiger partial charge < -0.3 is 4.52 Å². The van der Waals surface area contributed by atoms with Crippen LogP contribution in [0, 0.1) is 20.8 Å². The number of rotatable bonds is 3. The minimum absolute atomic E-state index is 0.680. The maximum atomic E-state index is 5.22. The first-order valence-corrected chi connectivity index (χ1v) is 7.98. The molecule has 0 spiro atoms. The molecule has 0 radical (unpaired) electrons. The Balaban J connectivity index is 1.76. The smallest absolute Gasteiger partial charge is 0.235 e. The first kappa shape index (κ1) is 14.1. The highest BCUT2D eigenvalue weighted by molar-refractivity contribution is 7.16. The fourth-order valence-corrected chi connectivity index (χ4v) is 3.46. The Kier molecular flexibility index (Phi) is 3.05. The Morgan fingerprint density at radius 1 is 1.17 bits per heavy atom. The van der Waals surface area contributed by atoms with Crippen molar-refractivity contribution in [2.45, 2.75) is 27.2 Å². The molecule has 0 aromatic carbocycles. The van der Waals surface area contributed by atoms with Crippen molar-refractivity contribution in [3.05, 3.63) is 33.8 Å². The number of hydrogen-bond acceptors (Lipinski definition) is 7. The Bertz CT molecular complexity index is 987. The van der Waals surface area contributed by atoms with E-state index >= 15 is 0 Å². The molecule has 9 heteroatoms. The molecule has 0 amide bonds. The van der Waals surface area contributed by atoms with Gasteiger partial charge >= 0.3 is 0 Å². The van der Waals surface area contributed by atoms with Crippen molar-refractivity contribution < 1.29 is 4.52 Å². The summed E-state index contributed by atoms with van der Waals surface area (Å²) in [7, 11) is 1.89. The normalized spacial score (nSPS) is 11.7. The predicted molar refractivity (Wildman–Crippen MR) is 84.4 cm³/mol. The summed E-state index contributed by atoms with van der Waals surface area (Å²) in [5.74, 6) is 1.53. The van der Waals surface area contributed by atoms with Crippen LogP contribution in [-0.4, -0.2) is 34.7 Å². The summed E-state index contributed by atoms with van der Waals surface area (Å²) < 4.78 is 8.78. The van der Waals surface area contributed by atoms with E-state index in [1.54, 1.807) is 9.20 Å². The van der Waals surface area contributed by atoms with E-state index in [-0.39, 0.29) is 0 Å². The van der Waals surface area contributed by atoms with Crippen molar-refractivity contribution in [3.63, 3.8) is 0 Å². The Morgan fingerprint density at radius 2 is 2.00 bits per heavy atom. The van der Waals surface area contributed by atoms with Crippen molar-refractivity contribution >= 4 is 16.3 Å². The van der Waals surface area contributed by atoms with Crippen molar-refractivity contribution in [2.75, 3.05) is 0 Å². The number of fused-ring (bicyclic) bond motifs is 1. The summed E-state index contributed by atoms with van der Waals surface area (Å²) in [4.78, 5) is 0.764. The van der Waals surface area contributed by atoms with Gasteiger partial charge in [0, 0.05) is 19.0 Å². The van der Waals surface area contributed by atoms with Gasteiger partial charge in [0.15, 0.2) is 0 Å². The molecule has 0 bridgehead atoms. The van der Waals surface area contributed by atoms with Gasteiger partial charge in [0.05, 0.1) is 11.4 Å². The second-order valence-corrected chi connectivity index (χ2v) is 6.53. The van der Waals surface area contributed by atoms with Crippen LogP contribution in [0.25, 0.3) is 16.5 Å². The molecule has 4 rings (SSSR count). The first-order valence-electron chi connectivity index (χ1n) is 7.17. The van der Waals surface area contributed by atoms with E-state index in [1.807, 2.05) is 33.9 Å². The fraction of sp³-hybridized carbons (Fsp3) is 0.357. The zero-order valence-electron chi connectivity index (χ0n) is 13.2. The van der Waals surface area contributed by atoms with Crippen LogP contribution in [0.2, 0.25) is 0 Å². The Labute approximate surface area is 135 Å². The molecule has 0 atom stereocenters. The van der Waals surface area contributed by atoms with Gasteiger partial charge in [-0.1, -0.05) is 16.5 Å². The van der Waals surface area contributed by atoms with E-state index in [4.69, 9.17) is 4.52 Å². The van der Waals surface area contributed by atoms with Crippen molar-refractivity contribution in [2.24, 2.45) is 7.05 Å². The molecular weight excluding hydrogens is 314 g/mol. The molecule has 4 aromatic rings. The van der Waals surface area contributed by atoms with Gasteiger partial charge in [-0.05, 0) is 26.8 Å². The van der Waals surface area contributed by atoms with E-state index < -0.39 is 0 Å². The van der Waals surface area contributed by atoms with Crippen LogP contribution in [0.1, 0.15) is 27.7 Å². The maximum absolute atomic E-state index is 5.22. The van der Waals surface area contributed by atoms with Crippen LogP contribution in [0.15, 0.2) is 10.6 Å². The third-order valence-corrected chi connectivity index (χ3v) is 4.67. The molecule has 0 unspecified atom stereocenters. The monoisotopic (exact) mass is 329 g/mol. The number of hydrogen-bond donors (Lipinski definition) is 0. The minimum Gasteiger partial charge on any atom is -0.361 e. The molecule has 23 heavy (non-hydrogen) atoms. The standard InChI is InChI=1S/C14H15N7OS/c1-7-5-11(20(4)17-7)13-15-16-14-21(13)18-12(23-14)6-10-8(2)19-22-9(10)3/h5H,6H2,1-4H3. The molecule has 0 aliphatic heterocycles. The zero-order chi connectivity index (χ0) is 16.1. The molecular formula is C14H15N7OS. The zero-order valence-corrected chi connectivity index (χ0v) is 14.0. The Hall–Kier alpha value is -2.55. The van der Waals surface area contributed by atoms with Crippen molar-refractivity contribution in [1.82, 2.24) is 34.7 Å². The van der Waals surface area contributed by atoms with Gasteiger partial charge in [0.1, 0.15) is 16.5 Å². The Morgan fingerprint density at radius 3 is 2.65 bits per heavy atom. The average molecular weight is 329 g/mol. The lowest BCUT2D eigenvalue weighted by molar-refractivity contribution is 0.392. The van der Waals surface area contributed by atoms with E-state index in [1.165, 1.54) is 11.3 Å². The second kappa shape index (κ2) is 4.98. The summed E-state index contributed by atoms with van der Waals surface area (Å²) in [5.41, 5.74) is 3.80. The molecule has 0 saturated carbocycles. The molecule has 118 valence electrons. The number of aryl methyl sites for hydroxylation is 4. The van der Waals surface area contributed by atoms with Gasteiger partial charge in [0.25, 0.3) is 0 Å². The molecule has 0 saturated heterocycles. The van der Waals surface area contributed by atoms with Crippen LogP contribution >= 0.6 is 11.3 Å². The SMILES string of the molecule is Cc1cc(-c2nnc3sc(Cc4c(C)noc4C)nn23)n(C)n1. The minimum atomic E-state index is 0.680. The highest BCUT2D eigenvalue weighted by Crippen LogP contribution is 2.24. The van der Waals surface area contributed by atoms with E-state index in [9.17, 15) is 0 Å². The number of nitrogens with zero attached hydrogens (tertiary/aromatic N) is 7. The summed E-state index contributed by atoms with van der Waals surface area (Å²) in [6.07, 6.45) is 0.680. The van der Waals surface area contributed by atoms with Crippen LogP contribution < -0.4 is 0 Å². The molecule has 0 fully saturated rings. The largest absolute Gasteiger partial charge is 0.361 e. The molecule has 0 aliphatic carbocycles. The van der Waals surface area contributed by atoms with Gasteiger partial charge in [-0.15, -0.1) is 10.2 Å². The molecule has 4 aromatic heterocycles.